The summed E-state index contributed by atoms with van der Waals surface area (Å²) in [7, 11) is 0. The third-order valence-corrected chi connectivity index (χ3v) is 6.88. The summed E-state index contributed by atoms with van der Waals surface area (Å²) < 4.78 is 14.2. The average Bonchev–Trinajstić information content (AvgIpc) is 3.40. The van der Waals surface area contributed by atoms with Gasteiger partial charge in [-0.25, -0.2) is 0 Å². The number of aromatic nitrogens is 2. The van der Waals surface area contributed by atoms with Gasteiger partial charge in [0.15, 0.2) is 30.9 Å². The van der Waals surface area contributed by atoms with E-state index < -0.39 is 55.5 Å². The zero-order chi connectivity index (χ0) is 27.4. The lowest BCUT2D eigenvalue weighted by molar-refractivity contribution is -0.766. The summed E-state index contributed by atoms with van der Waals surface area (Å²) in [6, 6.07) is 6.42. The van der Waals surface area contributed by atoms with Crippen molar-refractivity contribution in [2.75, 3.05) is 26.3 Å². The number of carbonyl (C=O) groups excluding carboxylic acids is 2. The van der Waals surface area contributed by atoms with Gasteiger partial charge in [0.2, 0.25) is 0 Å². The van der Waals surface area contributed by atoms with Gasteiger partial charge in [0, 0.05) is 31.1 Å². The van der Waals surface area contributed by atoms with Crippen LogP contribution in [0.1, 0.15) is 40.1 Å². The van der Waals surface area contributed by atoms with Crippen molar-refractivity contribution in [2.24, 2.45) is 5.92 Å². The van der Waals surface area contributed by atoms with Crippen LogP contribution in [-0.4, -0.2) is 94.2 Å². The van der Waals surface area contributed by atoms with E-state index in [2.05, 4.69) is 10.6 Å². The number of nitrogens with one attached hydrogen (secondary N) is 2. The molecule has 0 aromatic carbocycles. The molecule has 2 amide bonds. The molecule has 2 saturated heterocycles. The molecule has 0 spiro atoms. The molecule has 7 N–H and O–H groups in total. The van der Waals surface area contributed by atoms with Crippen molar-refractivity contribution < 1.29 is 53.7 Å². The van der Waals surface area contributed by atoms with Crippen molar-refractivity contribution in [1.82, 2.24) is 10.6 Å². The number of hydrogen-bond acceptors (Lipinski definition) is 9. The molecule has 0 unspecified atom stereocenters. The summed E-state index contributed by atoms with van der Waals surface area (Å²) in [6.07, 6.45) is -0.234. The lowest BCUT2D eigenvalue weighted by atomic mass is 10.0. The second-order valence-corrected chi connectivity index (χ2v) is 9.42. The van der Waals surface area contributed by atoms with Crippen LogP contribution in [-0.2, 0) is 9.47 Å². The van der Waals surface area contributed by atoms with E-state index in [1.807, 2.05) is 0 Å². The highest BCUT2D eigenvalue weighted by Crippen LogP contribution is 2.30. The monoisotopic (exact) mass is 534 g/mol. The molecule has 2 aromatic heterocycles. The maximum atomic E-state index is 12.6. The predicted molar refractivity (Wildman–Crippen MR) is 127 cm³/mol. The minimum Gasteiger partial charge on any atom is -0.394 e. The van der Waals surface area contributed by atoms with E-state index in [0.717, 1.165) is 0 Å². The van der Waals surface area contributed by atoms with Crippen LogP contribution in [0.5, 0.6) is 0 Å². The lowest BCUT2D eigenvalue weighted by Gasteiger charge is -2.11. The van der Waals surface area contributed by atoms with Crippen molar-refractivity contribution in [3.63, 3.8) is 0 Å². The van der Waals surface area contributed by atoms with E-state index >= 15 is 0 Å². The number of nitrogens with zero attached hydrogens (tertiary/aromatic N) is 2. The maximum absolute atomic E-state index is 12.6. The van der Waals surface area contributed by atoms with Crippen molar-refractivity contribution in [1.29, 1.82) is 0 Å². The van der Waals surface area contributed by atoms with Gasteiger partial charge >= 0.3 is 0 Å². The molecule has 0 aliphatic carbocycles. The molecule has 13 nitrogen and oxygen atoms in total. The Bertz CT molecular complexity index is 1050. The lowest BCUT2D eigenvalue weighted by Crippen LogP contribution is -2.46. The second kappa shape index (κ2) is 12.2. The van der Waals surface area contributed by atoms with Crippen LogP contribution in [0.4, 0.5) is 0 Å². The fourth-order valence-electron chi connectivity index (χ4n) is 4.57. The highest BCUT2D eigenvalue weighted by Gasteiger charge is 2.48. The minimum absolute atomic E-state index is 0.139. The van der Waals surface area contributed by atoms with Crippen molar-refractivity contribution in [2.45, 2.75) is 49.9 Å². The summed E-state index contributed by atoms with van der Waals surface area (Å²) in [5.41, 5.74) is 0.600. The smallest absolute Gasteiger partial charge is 0.292 e. The molecule has 2 aliphatic rings. The molecule has 4 rings (SSSR count). The van der Waals surface area contributed by atoms with Crippen LogP contribution in [0, 0.1) is 5.92 Å². The molecule has 8 atom stereocenters. The zero-order valence-electron chi connectivity index (χ0n) is 20.8. The Balaban J connectivity index is 1.29. The summed E-state index contributed by atoms with van der Waals surface area (Å²) in [6.45, 7) is 1.40. The van der Waals surface area contributed by atoms with Gasteiger partial charge in [-0.2, -0.15) is 9.13 Å². The van der Waals surface area contributed by atoms with Crippen LogP contribution < -0.4 is 19.8 Å². The first-order valence-electron chi connectivity index (χ1n) is 12.4. The number of amides is 2. The van der Waals surface area contributed by atoms with E-state index in [9.17, 15) is 35.1 Å². The summed E-state index contributed by atoms with van der Waals surface area (Å²) in [5.74, 6) is -1.06. The van der Waals surface area contributed by atoms with Crippen LogP contribution in [0.2, 0.25) is 0 Å². The number of pyridine rings is 2. The fourth-order valence-corrected chi connectivity index (χ4v) is 4.57. The Hall–Kier alpha value is -3.04. The molecule has 206 valence electrons. The third-order valence-electron chi connectivity index (χ3n) is 6.88. The normalized spacial score (nSPS) is 30.8. The van der Waals surface area contributed by atoms with E-state index in [4.69, 9.17) is 9.47 Å². The summed E-state index contributed by atoms with van der Waals surface area (Å²) in [4.78, 5) is 25.2. The molecule has 2 aromatic rings. The highest BCUT2D eigenvalue weighted by atomic mass is 16.6. The molecular weight excluding hydrogens is 500 g/mol. The second-order valence-electron chi connectivity index (χ2n) is 9.42. The quantitative estimate of drug-likeness (QED) is 0.129. The Morgan fingerprint density at radius 1 is 0.789 bits per heavy atom. The van der Waals surface area contributed by atoms with Gasteiger partial charge in [-0.1, -0.05) is 6.92 Å². The summed E-state index contributed by atoms with van der Waals surface area (Å²) >= 11 is 0. The molecule has 38 heavy (non-hydrogen) atoms. The SMILES string of the molecule is C[C@H]1[C@@H](O)[C@H]([n+]2cccc(C(=O)NCCNC(=O)c3ccc[n+]([C@@H]4O[C@H](CO)[C@@H](O)[C@H]4O)c3)c2)O[C@@H]1CO. The first-order valence-corrected chi connectivity index (χ1v) is 12.4. The van der Waals surface area contributed by atoms with E-state index in [1.165, 1.54) is 10.8 Å². The highest BCUT2D eigenvalue weighted by molar-refractivity contribution is 5.94. The number of hydrogen-bond donors (Lipinski definition) is 7. The topological polar surface area (TPSA) is 186 Å². The van der Waals surface area contributed by atoms with Gasteiger partial charge in [-0.3, -0.25) is 9.59 Å². The Kier molecular flexibility index (Phi) is 8.99. The Labute approximate surface area is 218 Å². The first kappa shape index (κ1) is 28.0. The largest absolute Gasteiger partial charge is 0.394 e. The van der Waals surface area contributed by atoms with Gasteiger partial charge in [-0.15, -0.1) is 0 Å². The molecular formula is C25H34N4O9+2. The van der Waals surface area contributed by atoms with Gasteiger partial charge in [-0.05, 0) is 12.1 Å². The first-order chi connectivity index (χ1) is 18.2. The van der Waals surface area contributed by atoms with E-state index in [1.54, 1.807) is 54.3 Å². The van der Waals surface area contributed by atoms with Gasteiger partial charge in [0.25, 0.3) is 24.3 Å². The molecule has 2 aliphatic heterocycles. The molecule has 4 heterocycles. The number of ether oxygens (including phenoxy) is 2. The van der Waals surface area contributed by atoms with Crippen LogP contribution >= 0.6 is 0 Å². The molecule has 13 heteroatoms. The Morgan fingerprint density at radius 2 is 1.26 bits per heavy atom. The van der Waals surface area contributed by atoms with Crippen LogP contribution in [0.3, 0.4) is 0 Å². The molecule has 0 bridgehead atoms. The minimum atomic E-state index is -1.27. The molecule has 0 radical (unpaired) electrons. The van der Waals surface area contributed by atoms with E-state index in [-0.39, 0.29) is 37.1 Å². The summed E-state index contributed by atoms with van der Waals surface area (Å²) in [5, 5.41) is 54.7. The molecule has 2 fully saturated rings. The number of carbonyl (C=O) groups is 2. The zero-order valence-corrected chi connectivity index (χ0v) is 20.8. The van der Waals surface area contributed by atoms with Gasteiger partial charge in [0.1, 0.15) is 29.4 Å². The van der Waals surface area contributed by atoms with Crippen LogP contribution in [0.25, 0.3) is 0 Å². The number of aliphatic hydroxyl groups excluding tert-OH is 5. The van der Waals surface area contributed by atoms with Gasteiger partial charge in [0.05, 0.1) is 19.3 Å². The van der Waals surface area contributed by atoms with E-state index in [0.29, 0.717) is 5.56 Å². The molecule has 0 saturated carbocycles. The fraction of sp³-hybridized carbons (Fsp3) is 0.520. The Morgan fingerprint density at radius 3 is 1.71 bits per heavy atom. The third kappa shape index (κ3) is 5.83. The van der Waals surface area contributed by atoms with Crippen molar-refractivity contribution in [3.05, 3.63) is 60.2 Å². The van der Waals surface area contributed by atoms with Gasteiger partial charge < -0.3 is 45.6 Å². The van der Waals surface area contributed by atoms with Crippen molar-refractivity contribution in [3.8, 4) is 0 Å². The number of rotatable bonds is 9. The maximum Gasteiger partial charge on any atom is 0.292 e. The van der Waals surface area contributed by atoms with Crippen molar-refractivity contribution >= 4 is 11.8 Å². The standard InChI is InChI=1S/C25H32N4O9/c1-14-17(12-30)37-24(19(14)32)28-8-2-4-15(10-28)22(35)26-6-7-27-23(36)16-5-3-9-29(11-16)25-21(34)20(33)18(13-31)38-25/h2-5,8-11,14,17-21,24-25,30-34H,6-7,12-13H2,1H3/p+2/t14-,17-,18-,19-,20-,21-,24-,25-/m1/s1. The average molecular weight is 535 g/mol. The van der Waals surface area contributed by atoms with Crippen LogP contribution in [0.15, 0.2) is 49.1 Å². The predicted octanol–water partition coefficient (Wildman–Crippen LogP) is -3.08. The number of aliphatic hydroxyl groups is 5.